The topological polar surface area (TPSA) is 78.2 Å². The maximum atomic E-state index is 10.7. The van der Waals surface area contributed by atoms with E-state index in [2.05, 4.69) is 42.1 Å². The molecule has 9 heteroatoms. The van der Waals surface area contributed by atoms with Crippen molar-refractivity contribution in [1.82, 2.24) is 10.2 Å². The van der Waals surface area contributed by atoms with Crippen LogP contribution in [0.3, 0.4) is 0 Å². The van der Waals surface area contributed by atoms with Crippen molar-refractivity contribution in [1.29, 1.82) is 0 Å². The highest BCUT2D eigenvalue weighted by molar-refractivity contribution is 9.11. The van der Waals surface area contributed by atoms with E-state index in [1.165, 1.54) is 23.5 Å². The lowest BCUT2D eigenvalue weighted by molar-refractivity contribution is -0.385. The highest BCUT2D eigenvalue weighted by Crippen LogP contribution is 2.37. The van der Waals surface area contributed by atoms with Crippen LogP contribution in [-0.2, 0) is 0 Å². The van der Waals surface area contributed by atoms with Crippen LogP contribution < -0.4 is 4.74 Å². The maximum absolute atomic E-state index is 10.7. The predicted octanol–water partition coefficient (Wildman–Crippen LogP) is 3.76. The summed E-state index contributed by atoms with van der Waals surface area (Å²) in [4.78, 5) is 10.2. The molecule has 0 N–H and O–H groups in total. The number of benzene rings is 1. The Morgan fingerprint density at radius 3 is 2.71 bits per heavy atom. The smallest absolute Gasteiger partial charge is 0.300 e. The minimum absolute atomic E-state index is 0.0638. The number of hydrogen-bond donors (Lipinski definition) is 0. The Morgan fingerprint density at radius 2 is 2.12 bits per heavy atom. The van der Waals surface area contributed by atoms with Crippen LogP contribution in [-0.4, -0.2) is 15.1 Å². The van der Waals surface area contributed by atoms with Gasteiger partial charge in [-0.15, -0.1) is 5.10 Å². The molecule has 6 nitrogen and oxygen atoms in total. The average Bonchev–Trinajstić information content (AvgIpc) is 2.67. The van der Waals surface area contributed by atoms with Gasteiger partial charge in [0, 0.05) is 6.07 Å². The van der Waals surface area contributed by atoms with Crippen LogP contribution in [0.1, 0.15) is 0 Å². The lowest BCUT2D eigenvalue weighted by atomic mass is 10.3. The van der Waals surface area contributed by atoms with Crippen LogP contribution in [0.4, 0.5) is 5.69 Å². The summed E-state index contributed by atoms with van der Waals surface area (Å²) in [7, 11) is 0. The molecule has 0 bridgehead atoms. The standard InChI is InChI=1S/C8H3Br2N3O3S/c9-6-4(13(14)15)2-1-3-5(6)16-8-12-11-7(10)17-8/h1-3H. The van der Waals surface area contributed by atoms with E-state index in [1.54, 1.807) is 6.07 Å². The molecule has 1 aromatic carbocycles. The molecular weight excluding hydrogens is 378 g/mol. The zero-order valence-corrected chi connectivity index (χ0v) is 12.0. The molecule has 0 spiro atoms. The molecule has 0 saturated heterocycles. The van der Waals surface area contributed by atoms with Crippen molar-refractivity contribution < 1.29 is 9.66 Å². The van der Waals surface area contributed by atoms with Gasteiger partial charge in [-0.1, -0.05) is 11.2 Å². The van der Waals surface area contributed by atoms with E-state index < -0.39 is 4.92 Å². The van der Waals surface area contributed by atoms with Crippen molar-refractivity contribution in [3.8, 4) is 10.9 Å². The number of rotatable bonds is 3. The van der Waals surface area contributed by atoms with Gasteiger partial charge < -0.3 is 4.74 Å². The summed E-state index contributed by atoms with van der Waals surface area (Å²) in [5.74, 6) is 0.322. The van der Waals surface area contributed by atoms with Crippen molar-refractivity contribution in [3.05, 3.63) is 36.7 Å². The predicted molar refractivity (Wildman–Crippen MR) is 68.5 cm³/mol. The first-order chi connectivity index (χ1) is 8.08. The second-order valence-electron chi connectivity index (χ2n) is 2.77. The lowest BCUT2D eigenvalue weighted by Gasteiger charge is -2.03. The van der Waals surface area contributed by atoms with Crippen molar-refractivity contribution >= 4 is 48.9 Å². The van der Waals surface area contributed by atoms with Gasteiger partial charge in [-0.25, -0.2) is 0 Å². The molecule has 2 rings (SSSR count). The molecule has 17 heavy (non-hydrogen) atoms. The van der Waals surface area contributed by atoms with Crippen LogP contribution in [0.15, 0.2) is 26.6 Å². The Labute approximate surface area is 116 Å². The number of hydrogen-bond acceptors (Lipinski definition) is 6. The second-order valence-corrected chi connectivity index (χ2v) is 5.78. The van der Waals surface area contributed by atoms with E-state index in [1.807, 2.05) is 0 Å². The zero-order valence-electron chi connectivity index (χ0n) is 7.96. The summed E-state index contributed by atoms with van der Waals surface area (Å²) in [6.07, 6.45) is 0. The number of nitro benzene ring substituents is 1. The number of nitrogens with zero attached hydrogens (tertiary/aromatic N) is 3. The second kappa shape index (κ2) is 5.07. The molecule has 1 heterocycles. The lowest BCUT2D eigenvalue weighted by Crippen LogP contribution is -1.92. The first-order valence-electron chi connectivity index (χ1n) is 4.17. The summed E-state index contributed by atoms with van der Waals surface area (Å²) >= 11 is 7.46. The van der Waals surface area contributed by atoms with Gasteiger partial charge in [0.25, 0.3) is 10.9 Å². The molecule has 0 aliphatic heterocycles. The summed E-state index contributed by atoms with van der Waals surface area (Å²) in [6, 6.07) is 4.52. The van der Waals surface area contributed by atoms with Crippen molar-refractivity contribution in [2.24, 2.45) is 0 Å². The van der Waals surface area contributed by atoms with E-state index in [0.29, 0.717) is 14.9 Å². The molecule has 1 aromatic heterocycles. The Bertz CT molecular complexity index is 575. The molecule has 0 radical (unpaired) electrons. The third-order valence-electron chi connectivity index (χ3n) is 1.72. The maximum Gasteiger partial charge on any atom is 0.300 e. The molecule has 88 valence electrons. The summed E-state index contributed by atoms with van der Waals surface area (Å²) in [5.41, 5.74) is -0.0638. The van der Waals surface area contributed by atoms with Gasteiger partial charge in [0.05, 0.1) is 4.92 Å². The van der Waals surface area contributed by atoms with Gasteiger partial charge >= 0.3 is 0 Å². The highest BCUT2D eigenvalue weighted by atomic mass is 79.9. The van der Waals surface area contributed by atoms with E-state index in [9.17, 15) is 10.1 Å². The first-order valence-corrected chi connectivity index (χ1v) is 6.58. The minimum Gasteiger partial charge on any atom is -0.428 e. The summed E-state index contributed by atoms with van der Waals surface area (Å²) < 4.78 is 6.24. The number of halogens is 2. The molecule has 0 aliphatic carbocycles. The van der Waals surface area contributed by atoms with E-state index in [0.717, 1.165) is 0 Å². The Morgan fingerprint density at radius 1 is 1.35 bits per heavy atom. The van der Waals surface area contributed by atoms with Crippen LogP contribution in [0, 0.1) is 10.1 Å². The molecule has 0 saturated carbocycles. The van der Waals surface area contributed by atoms with Crippen LogP contribution in [0.25, 0.3) is 0 Å². The first kappa shape index (κ1) is 12.4. The monoisotopic (exact) mass is 379 g/mol. The van der Waals surface area contributed by atoms with Gasteiger partial charge in [-0.3, -0.25) is 10.1 Å². The third kappa shape index (κ3) is 2.79. The Balaban J connectivity index is 2.33. The van der Waals surface area contributed by atoms with Crippen molar-refractivity contribution in [2.75, 3.05) is 0 Å². The zero-order chi connectivity index (χ0) is 12.4. The van der Waals surface area contributed by atoms with Gasteiger partial charge in [0.15, 0.2) is 9.67 Å². The molecule has 0 fully saturated rings. The quantitative estimate of drug-likeness (QED) is 0.598. The fourth-order valence-corrected chi connectivity index (χ4v) is 2.47. The number of aromatic nitrogens is 2. The molecular formula is C8H3Br2N3O3S. The van der Waals surface area contributed by atoms with Crippen LogP contribution in [0.2, 0.25) is 0 Å². The summed E-state index contributed by atoms with van der Waals surface area (Å²) in [5, 5.41) is 18.5. The number of ether oxygens (including phenoxy) is 1. The third-order valence-corrected chi connectivity index (χ3v) is 3.75. The van der Waals surface area contributed by atoms with Gasteiger partial charge in [0.1, 0.15) is 4.47 Å². The fourth-order valence-electron chi connectivity index (χ4n) is 1.05. The van der Waals surface area contributed by atoms with E-state index in [-0.39, 0.29) is 10.2 Å². The normalized spacial score (nSPS) is 10.2. The fraction of sp³-hybridized carbons (Fsp3) is 0. The van der Waals surface area contributed by atoms with Gasteiger partial charge in [0.2, 0.25) is 0 Å². The van der Waals surface area contributed by atoms with Crippen LogP contribution >= 0.6 is 43.2 Å². The van der Waals surface area contributed by atoms with E-state index >= 15 is 0 Å². The highest BCUT2D eigenvalue weighted by Gasteiger charge is 2.17. The van der Waals surface area contributed by atoms with Gasteiger partial charge in [-0.2, -0.15) is 0 Å². The Kier molecular flexibility index (Phi) is 3.69. The van der Waals surface area contributed by atoms with Crippen LogP contribution in [0.5, 0.6) is 10.9 Å². The average molecular weight is 381 g/mol. The number of nitro groups is 1. The molecule has 2 aromatic rings. The molecule has 0 aliphatic rings. The molecule has 0 amide bonds. The van der Waals surface area contributed by atoms with Gasteiger partial charge in [-0.05, 0) is 49.3 Å². The van der Waals surface area contributed by atoms with E-state index in [4.69, 9.17) is 4.74 Å². The van der Waals surface area contributed by atoms with Crippen molar-refractivity contribution in [3.63, 3.8) is 0 Å². The Hall–Kier alpha value is -1.06. The molecule has 0 unspecified atom stereocenters. The largest absolute Gasteiger partial charge is 0.428 e. The SMILES string of the molecule is O=[N+]([O-])c1cccc(Oc2nnc(Br)s2)c1Br. The minimum atomic E-state index is -0.493. The summed E-state index contributed by atoms with van der Waals surface area (Å²) in [6.45, 7) is 0. The van der Waals surface area contributed by atoms with Crippen molar-refractivity contribution in [2.45, 2.75) is 0 Å². The molecule has 0 atom stereocenters.